The molecule has 2 aliphatic carbocycles. The fourth-order valence-corrected chi connectivity index (χ4v) is 5.59. The van der Waals surface area contributed by atoms with E-state index in [-0.39, 0.29) is 11.7 Å². The molecule has 1 heterocycles. The van der Waals surface area contributed by atoms with E-state index >= 15 is 0 Å². The number of hydrogen-bond acceptors (Lipinski definition) is 4. The summed E-state index contributed by atoms with van der Waals surface area (Å²) in [5.41, 5.74) is 6.46. The van der Waals surface area contributed by atoms with Crippen molar-refractivity contribution in [1.82, 2.24) is 9.97 Å². The Bertz CT molecular complexity index is 1230. The largest absolute Gasteiger partial charge is 0.508 e. The molecule has 1 amide bonds. The number of nitrogens with one attached hydrogen (secondary N) is 1. The molecule has 2 N–H and O–H groups in total. The molecule has 2 aromatic carbocycles. The smallest absolute Gasteiger partial charge is 0.256 e. The van der Waals surface area contributed by atoms with Gasteiger partial charge in [-0.15, -0.1) is 0 Å². The predicted molar refractivity (Wildman–Crippen MR) is 139 cm³/mol. The minimum atomic E-state index is -0.176. The number of benzene rings is 2. The summed E-state index contributed by atoms with van der Waals surface area (Å²) < 4.78 is 0. The van der Waals surface area contributed by atoms with Gasteiger partial charge in [-0.2, -0.15) is 0 Å². The third kappa shape index (κ3) is 5.45. The number of allylic oxidation sites excluding steroid dienone is 2. The highest BCUT2D eigenvalue weighted by Gasteiger charge is 2.37. The number of phenols is 1. The minimum Gasteiger partial charge on any atom is -0.508 e. The van der Waals surface area contributed by atoms with Crippen LogP contribution in [0.25, 0.3) is 11.3 Å². The molecule has 3 aromatic rings. The van der Waals surface area contributed by atoms with Crippen LogP contribution < -0.4 is 5.32 Å². The molecule has 0 spiro atoms. The van der Waals surface area contributed by atoms with E-state index in [0.29, 0.717) is 23.2 Å². The molecule has 5 rings (SSSR count). The van der Waals surface area contributed by atoms with Crippen LogP contribution in [0.5, 0.6) is 5.75 Å². The Kier molecular flexibility index (Phi) is 6.67. The summed E-state index contributed by atoms with van der Waals surface area (Å²) in [6.07, 6.45) is 8.46. The minimum absolute atomic E-state index is 0.176. The number of anilines is 1. The number of nitrogens with zero attached hydrogens (tertiary/aromatic N) is 2. The van der Waals surface area contributed by atoms with Crippen LogP contribution in [0.2, 0.25) is 0 Å². The molecule has 5 nitrogen and oxygen atoms in total. The van der Waals surface area contributed by atoms with E-state index in [1.807, 2.05) is 30.3 Å². The quantitative estimate of drug-likeness (QED) is 0.391. The van der Waals surface area contributed by atoms with Gasteiger partial charge in [0.25, 0.3) is 5.91 Å². The zero-order valence-electron chi connectivity index (χ0n) is 20.5. The first-order valence-corrected chi connectivity index (χ1v) is 12.7. The van der Waals surface area contributed by atoms with Crippen molar-refractivity contribution >= 4 is 11.7 Å². The molecule has 1 saturated carbocycles. The van der Waals surface area contributed by atoms with E-state index in [2.05, 4.69) is 24.1 Å². The molecule has 0 radical (unpaired) electrons. The van der Waals surface area contributed by atoms with E-state index in [9.17, 15) is 9.90 Å². The van der Waals surface area contributed by atoms with Crippen molar-refractivity contribution in [3.8, 4) is 17.0 Å². The molecule has 2 aliphatic rings. The van der Waals surface area contributed by atoms with E-state index < -0.39 is 0 Å². The zero-order valence-corrected chi connectivity index (χ0v) is 20.5. The summed E-state index contributed by atoms with van der Waals surface area (Å²) in [6, 6.07) is 16.2. The van der Waals surface area contributed by atoms with Crippen molar-refractivity contribution in [2.75, 3.05) is 5.32 Å². The van der Waals surface area contributed by atoms with Gasteiger partial charge < -0.3 is 10.4 Å². The van der Waals surface area contributed by atoms with Crippen molar-refractivity contribution < 1.29 is 9.90 Å². The maximum atomic E-state index is 12.9. The Morgan fingerprint density at radius 1 is 1.06 bits per heavy atom. The number of carbonyl (C=O) groups is 1. The first-order valence-electron chi connectivity index (χ1n) is 12.7. The Morgan fingerprint density at radius 3 is 2.57 bits per heavy atom. The van der Waals surface area contributed by atoms with Crippen LogP contribution in [0.3, 0.4) is 0 Å². The third-order valence-electron chi connectivity index (χ3n) is 7.39. The molecule has 0 bridgehead atoms. The van der Waals surface area contributed by atoms with Gasteiger partial charge in [0.15, 0.2) is 5.82 Å². The van der Waals surface area contributed by atoms with Gasteiger partial charge in [0.2, 0.25) is 0 Å². The summed E-state index contributed by atoms with van der Waals surface area (Å²) in [7, 11) is 0. The standard InChI is InChI=1S/C30H33N3O2/c1-3-21-14-19(2)13-20(15-24-17-26(21)24)16-27-29(33-30(35)23-7-5-4-6-8-23)31-18-28(32-27)22-9-11-25(34)12-10-22/h4-12,18-20,24,34H,3,13-17H2,1-2H3,(H,31,33,35)/b26-21+. The monoisotopic (exact) mass is 467 g/mol. The first-order chi connectivity index (χ1) is 17.0. The van der Waals surface area contributed by atoms with Crippen LogP contribution >= 0.6 is 0 Å². The number of carbonyl (C=O) groups excluding carboxylic acids is 1. The fraction of sp³-hybridized carbons (Fsp3) is 0.367. The molecule has 0 saturated heterocycles. The van der Waals surface area contributed by atoms with Crippen LogP contribution in [-0.4, -0.2) is 21.0 Å². The second-order valence-electron chi connectivity index (χ2n) is 10.2. The number of aromatic hydroxyl groups is 1. The third-order valence-corrected chi connectivity index (χ3v) is 7.39. The van der Waals surface area contributed by atoms with Crippen molar-refractivity contribution in [3.63, 3.8) is 0 Å². The van der Waals surface area contributed by atoms with Crippen molar-refractivity contribution in [3.05, 3.63) is 83.2 Å². The van der Waals surface area contributed by atoms with Crippen LogP contribution in [-0.2, 0) is 6.42 Å². The number of amides is 1. The zero-order chi connectivity index (χ0) is 24.4. The van der Waals surface area contributed by atoms with Gasteiger partial charge >= 0.3 is 0 Å². The lowest BCUT2D eigenvalue weighted by Gasteiger charge is -2.24. The summed E-state index contributed by atoms with van der Waals surface area (Å²) >= 11 is 0. The first kappa shape index (κ1) is 23.3. The summed E-state index contributed by atoms with van der Waals surface area (Å²) in [4.78, 5) is 22.6. The van der Waals surface area contributed by atoms with E-state index in [1.54, 1.807) is 41.6 Å². The molecule has 0 aliphatic heterocycles. The predicted octanol–water partition coefficient (Wildman–Crippen LogP) is 6.81. The van der Waals surface area contributed by atoms with Crippen LogP contribution in [0.15, 0.2) is 71.9 Å². The topological polar surface area (TPSA) is 75.1 Å². The van der Waals surface area contributed by atoms with Crippen molar-refractivity contribution in [2.45, 2.75) is 52.4 Å². The Hall–Kier alpha value is -3.47. The number of fused-ring (bicyclic) bond motifs is 1. The second-order valence-corrected chi connectivity index (χ2v) is 10.2. The Balaban J connectivity index is 1.44. The number of hydrogen-bond donors (Lipinski definition) is 2. The summed E-state index contributed by atoms with van der Waals surface area (Å²) in [5.74, 6) is 2.44. The number of aromatic nitrogens is 2. The molecular formula is C30H33N3O2. The van der Waals surface area contributed by atoms with Crippen LogP contribution in [0.1, 0.15) is 62.0 Å². The summed E-state index contributed by atoms with van der Waals surface area (Å²) in [5, 5.41) is 12.7. The average Bonchev–Trinajstić information content (AvgIpc) is 3.61. The van der Waals surface area contributed by atoms with Crippen molar-refractivity contribution in [1.29, 1.82) is 0 Å². The van der Waals surface area contributed by atoms with E-state index in [4.69, 9.17) is 4.98 Å². The van der Waals surface area contributed by atoms with Gasteiger partial charge in [-0.1, -0.05) is 43.2 Å². The normalized spacial score (nSPS) is 23.7. The second kappa shape index (κ2) is 10.0. The van der Waals surface area contributed by atoms with Gasteiger partial charge in [-0.05, 0) is 92.7 Å². The van der Waals surface area contributed by atoms with E-state index in [0.717, 1.165) is 35.7 Å². The summed E-state index contributed by atoms with van der Waals surface area (Å²) in [6.45, 7) is 4.65. The van der Waals surface area contributed by atoms with Crippen molar-refractivity contribution in [2.24, 2.45) is 17.8 Å². The highest BCUT2D eigenvalue weighted by molar-refractivity contribution is 6.04. The molecule has 3 unspecified atom stereocenters. The van der Waals surface area contributed by atoms with Gasteiger partial charge in [0.1, 0.15) is 5.75 Å². The number of rotatable bonds is 6. The highest BCUT2D eigenvalue weighted by atomic mass is 16.3. The lowest BCUT2D eigenvalue weighted by Crippen LogP contribution is -2.19. The van der Waals surface area contributed by atoms with Gasteiger partial charge in [-0.25, -0.2) is 9.97 Å². The van der Waals surface area contributed by atoms with Gasteiger partial charge in [0, 0.05) is 11.1 Å². The fourth-order valence-electron chi connectivity index (χ4n) is 5.59. The Labute approximate surface area is 207 Å². The van der Waals surface area contributed by atoms with Gasteiger partial charge in [0.05, 0.1) is 17.6 Å². The lowest BCUT2D eigenvalue weighted by atomic mass is 9.82. The van der Waals surface area contributed by atoms with E-state index in [1.165, 1.54) is 25.7 Å². The molecule has 35 heavy (non-hydrogen) atoms. The molecule has 1 fully saturated rings. The number of phenolic OH excluding ortho intramolecular Hbond substituents is 1. The van der Waals surface area contributed by atoms with Crippen LogP contribution in [0, 0.1) is 17.8 Å². The maximum absolute atomic E-state index is 12.9. The van der Waals surface area contributed by atoms with Crippen LogP contribution in [0.4, 0.5) is 5.82 Å². The SMILES string of the molecule is CC/C1=C2/CC2CC(Cc2nc(-c3ccc(O)cc3)cnc2NC(=O)c2ccccc2)CC(C)C1. The molecule has 1 aromatic heterocycles. The highest BCUT2D eigenvalue weighted by Crippen LogP contribution is 2.50. The van der Waals surface area contributed by atoms with Gasteiger partial charge in [-0.3, -0.25) is 4.79 Å². The molecule has 3 atom stereocenters. The average molecular weight is 468 g/mol. The lowest BCUT2D eigenvalue weighted by molar-refractivity contribution is 0.102. The Morgan fingerprint density at radius 2 is 1.83 bits per heavy atom. The molecule has 180 valence electrons. The molecular weight excluding hydrogens is 434 g/mol. The maximum Gasteiger partial charge on any atom is 0.256 e. The molecule has 5 heteroatoms.